The van der Waals surface area contributed by atoms with E-state index in [0.29, 0.717) is 12.0 Å². The Kier molecular flexibility index (Phi) is 16.3. The summed E-state index contributed by atoms with van der Waals surface area (Å²) in [4.78, 5) is 0. The van der Waals surface area contributed by atoms with Crippen LogP contribution in [0.5, 0.6) is 0 Å². The maximum atomic E-state index is 4.31. The molecule has 1 N–H and O–H groups in total. The van der Waals surface area contributed by atoms with Crippen molar-refractivity contribution in [3.05, 3.63) is 59.7 Å². The summed E-state index contributed by atoms with van der Waals surface area (Å²) < 4.78 is 0. The van der Waals surface area contributed by atoms with E-state index in [1.54, 1.807) is 6.08 Å². The van der Waals surface area contributed by atoms with Crippen molar-refractivity contribution in [2.45, 2.75) is 73.8 Å². The van der Waals surface area contributed by atoms with Crippen LogP contribution in [0.1, 0.15) is 71.9 Å². The van der Waals surface area contributed by atoms with Crippen LogP contribution in [0.3, 0.4) is 0 Å². The van der Waals surface area contributed by atoms with Gasteiger partial charge < -0.3 is 5.43 Å². The summed E-state index contributed by atoms with van der Waals surface area (Å²) in [6.45, 7) is 19.9. The second kappa shape index (κ2) is 16.0. The molecule has 0 fully saturated rings. The fourth-order valence-electron chi connectivity index (χ4n) is 1.89. The van der Waals surface area contributed by atoms with Gasteiger partial charge in [-0.05, 0) is 45.3 Å². The van der Waals surface area contributed by atoms with E-state index in [-0.39, 0.29) is 0 Å². The lowest BCUT2D eigenvalue weighted by atomic mass is 9.92. The van der Waals surface area contributed by atoms with E-state index in [9.17, 15) is 0 Å². The van der Waals surface area contributed by atoms with Crippen molar-refractivity contribution < 1.29 is 0 Å². The summed E-state index contributed by atoms with van der Waals surface area (Å²) in [5.74, 6) is 0.373. The fraction of sp³-hybridized carbons (Fsp3) is 0.500. The van der Waals surface area contributed by atoms with Gasteiger partial charge in [-0.15, -0.1) is 6.58 Å². The highest BCUT2D eigenvalue weighted by Gasteiger charge is 2.09. The summed E-state index contributed by atoms with van der Waals surface area (Å²) in [5.41, 5.74) is 6.97. The van der Waals surface area contributed by atoms with Crippen molar-refractivity contribution in [3.8, 4) is 0 Å². The van der Waals surface area contributed by atoms with Gasteiger partial charge in [-0.3, -0.25) is 0 Å². The molecule has 1 aromatic rings. The number of hydrogen-bond acceptors (Lipinski definition) is 2. The molecule has 1 unspecified atom stereocenters. The third-order valence-electron chi connectivity index (χ3n) is 3.06. The Bertz CT molecular complexity index is 467. The maximum Gasteiger partial charge on any atom is 0.0503 e. The summed E-state index contributed by atoms with van der Waals surface area (Å²) in [6.07, 6.45) is 6.98. The lowest BCUT2D eigenvalue weighted by molar-refractivity contribution is 0.622. The summed E-state index contributed by atoms with van der Waals surface area (Å²) in [6, 6.07) is 9.10. The minimum atomic E-state index is 0.369. The lowest BCUT2D eigenvalue weighted by Gasteiger charge is -2.14. The summed E-state index contributed by atoms with van der Waals surface area (Å²) >= 11 is 0. The average molecular weight is 331 g/mol. The fourth-order valence-corrected chi connectivity index (χ4v) is 1.89. The average Bonchev–Trinajstić information content (AvgIpc) is 2.56. The van der Waals surface area contributed by atoms with Gasteiger partial charge in [0.05, 0.1) is 6.21 Å². The molecule has 0 amide bonds. The second-order valence-electron chi connectivity index (χ2n) is 5.69. The molecule has 0 radical (unpaired) electrons. The van der Waals surface area contributed by atoms with Gasteiger partial charge >= 0.3 is 0 Å². The van der Waals surface area contributed by atoms with Crippen molar-refractivity contribution in [1.82, 2.24) is 5.43 Å². The van der Waals surface area contributed by atoms with Crippen LogP contribution in [0, 0.1) is 6.92 Å². The van der Waals surface area contributed by atoms with E-state index >= 15 is 0 Å². The van der Waals surface area contributed by atoms with Crippen molar-refractivity contribution in [2.75, 3.05) is 0 Å². The molecule has 0 aliphatic heterocycles. The van der Waals surface area contributed by atoms with E-state index in [0.717, 1.165) is 6.42 Å². The molecule has 0 saturated heterocycles. The molecule has 2 heteroatoms. The number of allylic oxidation sites excluding steroid dienone is 3. The van der Waals surface area contributed by atoms with E-state index in [2.05, 4.69) is 82.1 Å². The van der Waals surface area contributed by atoms with Crippen LogP contribution in [0.15, 0.2) is 53.7 Å². The quantitative estimate of drug-likeness (QED) is 0.353. The Labute approximate surface area is 150 Å². The van der Waals surface area contributed by atoms with E-state index in [1.165, 1.54) is 16.7 Å². The third kappa shape index (κ3) is 11.7. The molecule has 0 aliphatic rings. The second-order valence-corrected chi connectivity index (χ2v) is 5.69. The molecule has 1 atom stereocenters. The Morgan fingerprint density at radius 2 is 1.67 bits per heavy atom. The van der Waals surface area contributed by atoms with E-state index < -0.39 is 0 Å². The first-order valence-electron chi connectivity index (χ1n) is 9.08. The maximum absolute atomic E-state index is 4.31. The standard InChI is InChI=1S/C17H26N2.C3H6.C2H6/c1-6-7-17(12-18-19-13(2)3)15(5)16-10-8-14(4)9-11-16;1-3-2;1-2/h7-13,15,19H,6H2,1-5H3;3H,1H2,2H3;1-2H3/b17-7-,18-12-;;. The van der Waals surface area contributed by atoms with Gasteiger partial charge in [0.2, 0.25) is 0 Å². The molecule has 1 rings (SSSR count). The number of nitrogens with zero attached hydrogens (tertiary/aromatic N) is 1. The van der Waals surface area contributed by atoms with Crippen LogP contribution in [0.4, 0.5) is 0 Å². The first kappa shape index (κ1) is 24.4. The molecule has 0 spiro atoms. The number of hydrazone groups is 1. The van der Waals surface area contributed by atoms with Crippen LogP contribution >= 0.6 is 0 Å². The molecular formula is C22H38N2. The lowest BCUT2D eigenvalue weighted by Crippen LogP contribution is -2.16. The van der Waals surface area contributed by atoms with Crippen LogP contribution in [0.2, 0.25) is 0 Å². The Hall–Kier alpha value is -1.83. The summed E-state index contributed by atoms with van der Waals surface area (Å²) in [7, 11) is 0. The van der Waals surface area contributed by atoms with Crippen LogP contribution in [0.25, 0.3) is 0 Å². The van der Waals surface area contributed by atoms with Crippen molar-refractivity contribution >= 4 is 6.21 Å². The SMILES string of the molecule is C=CC.CC.CC/C=C(/C=N\NC(C)C)C(C)c1ccc(C)cc1. The number of hydrogen-bond donors (Lipinski definition) is 1. The topological polar surface area (TPSA) is 24.4 Å². The van der Waals surface area contributed by atoms with Crippen molar-refractivity contribution in [1.29, 1.82) is 0 Å². The Balaban J connectivity index is 0. The Morgan fingerprint density at radius 1 is 1.17 bits per heavy atom. The minimum Gasteiger partial charge on any atom is -0.308 e. The Morgan fingerprint density at radius 3 is 2.08 bits per heavy atom. The molecule has 0 aromatic heterocycles. The van der Waals surface area contributed by atoms with Gasteiger partial charge in [-0.1, -0.05) is 69.7 Å². The molecule has 0 saturated carbocycles. The van der Waals surface area contributed by atoms with Crippen molar-refractivity contribution in [3.63, 3.8) is 0 Å². The zero-order chi connectivity index (χ0) is 19.0. The molecule has 2 nitrogen and oxygen atoms in total. The number of benzene rings is 1. The molecular weight excluding hydrogens is 292 g/mol. The normalized spacial score (nSPS) is 12.0. The highest BCUT2D eigenvalue weighted by molar-refractivity contribution is 5.80. The van der Waals surface area contributed by atoms with Gasteiger partial charge in [-0.2, -0.15) is 5.10 Å². The first-order chi connectivity index (χ1) is 11.5. The number of aryl methyl sites for hydroxylation is 1. The predicted octanol–water partition coefficient (Wildman–Crippen LogP) is 6.64. The molecule has 0 bridgehead atoms. The molecule has 136 valence electrons. The minimum absolute atomic E-state index is 0.369. The highest BCUT2D eigenvalue weighted by Crippen LogP contribution is 2.23. The largest absolute Gasteiger partial charge is 0.308 e. The zero-order valence-electron chi connectivity index (χ0n) is 17.1. The summed E-state index contributed by atoms with van der Waals surface area (Å²) in [5, 5.41) is 4.31. The van der Waals surface area contributed by atoms with Crippen LogP contribution < -0.4 is 5.43 Å². The van der Waals surface area contributed by atoms with Crippen molar-refractivity contribution in [2.24, 2.45) is 5.10 Å². The molecule has 0 aliphatic carbocycles. The van der Waals surface area contributed by atoms with E-state index in [1.807, 2.05) is 27.0 Å². The van der Waals surface area contributed by atoms with Gasteiger partial charge in [0.25, 0.3) is 0 Å². The van der Waals surface area contributed by atoms with Gasteiger partial charge in [0.1, 0.15) is 0 Å². The highest BCUT2D eigenvalue weighted by atomic mass is 15.3. The number of nitrogens with one attached hydrogen (secondary N) is 1. The van der Waals surface area contributed by atoms with Gasteiger partial charge in [0.15, 0.2) is 0 Å². The first-order valence-corrected chi connectivity index (χ1v) is 9.08. The third-order valence-corrected chi connectivity index (χ3v) is 3.06. The van der Waals surface area contributed by atoms with Gasteiger partial charge in [0, 0.05) is 12.0 Å². The number of rotatable bonds is 6. The van der Waals surface area contributed by atoms with Gasteiger partial charge in [-0.25, -0.2) is 0 Å². The van der Waals surface area contributed by atoms with E-state index in [4.69, 9.17) is 0 Å². The predicted molar refractivity (Wildman–Crippen MR) is 112 cm³/mol. The monoisotopic (exact) mass is 330 g/mol. The molecule has 0 heterocycles. The zero-order valence-corrected chi connectivity index (χ0v) is 17.1. The van der Waals surface area contributed by atoms with Crippen LogP contribution in [-0.4, -0.2) is 12.3 Å². The molecule has 1 aromatic carbocycles. The van der Waals surface area contributed by atoms with Crippen LogP contribution in [-0.2, 0) is 0 Å². The molecule has 24 heavy (non-hydrogen) atoms. The smallest absolute Gasteiger partial charge is 0.0503 e.